The molecule has 0 bridgehead atoms. The summed E-state index contributed by atoms with van der Waals surface area (Å²) in [7, 11) is 0. The Morgan fingerprint density at radius 2 is 2.15 bits per heavy atom. The van der Waals surface area contributed by atoms with Crippen LogP contribution >= 0.6 is 0 Å². The van der Waals surface area contributed by atoms with E-state index in [1.807, 2.05) is 19.1 Å². The Balaban J connectivity index is 2.63. The molecule has 2 N–H and O–H groups in total. The van der Waals surface area contributed by atoms with Crippen molar-refractivity contribution in [2.24, 2.45) is 5.73 Å². The maximum Gasteiger partial charge on any atom is 0.126 e. The highest BCUT2D eigenvalue weighted by molar-refractivity contribution is 5.23. The van der Waals surface area contributed by atoms with E-state index >= 15 is 0 Å². The van der Waals surface area contributed by atoms with Crippen molar-refractivity contribution in [1.29, 1.82) is 0 Å². The molecule has 0 amide bonds. The highest BCUT2D eigenvalue weighted by Gasteiger charge is 2.00. The summed E-state index contributed by atoms with van der Waals surface area (Å²) in [6, 6.07) is 5.44. The van der Waals surface area contributed by atoms with Gasteiger partial charge in [-0.3, -0.25) is 0 Å². The molecule has 1 aromatic carbocycles. The Morgan fingerprint density at radius 3 is 2.69 bits per heavy atom. The van der Waals surface area contributed by atoms with Gasteiger partial charge < -0.3 is 5.73 Å². The van der Waals surface area contributed by atoms with Crippen LogP contribution in [-0.2, 0) is 6.42 Å². The molecule has 0 saturated carbocycles. The van der Waals surface area contributed by atoms with Gasteiger partial charge in [-0.2, -0.15) is 0 Å². The van der Waals surface area contributed by atoms with Gasteiger partial charge in [0.15, 0.2) is 0 Å². The first-order valence-corrected chi connectivity index (χ1v) is 4.60. The molecule has 72 valence electrons. The van der Waals surface area contributed by atoms with Crippen molar-refractivity contribution >= 4 is 0 Å². The molecule has 1 aromatic rings. The minimum Gasteiger partial charge on any atom is -0.328 e. The summed E-state index contributed by atoms with van der Waals surface area (Å²) in [6.07, 6.45) is 1.88. The minimum atomic E-state index is -0.135. The van der Waals surface area contributed by atoms with Crippen molar-refractivity contribution in [3.8, 4) is 0 Å². The largest absolute Gasteiger partial charge is 0.328 e. The van der Waals surface area contributed by atoms with Gasteiger partial charge in [0.05, 0.1) is 0 Å². The van der Waals surface area contributed by atoms with Gasteiger partial charge in [0.2, 0.25) is 0 Å². The van der Waals surface area contributed by atoms with Gasteiger partial charge in [-0.25, -0.2) is 4.39 Å². The van der Waals surface area contributed by atoms with Gasteiger partial charge in [0.25, 0.3) is 0 Å². The molecule has 2 heteroatoms. The van der Waals surface area contributed by atoms with E-state index in [4.69, 9.17) is 5.73 Å². The summed E-state index contributed by atoms with van der Waals surface area (Å²) in [5.74, 6) is -0.135. The van der Waals surface area contributed by atoms with Crippen LogP contribution in [0.3, 0.4) is 0 Å². The Labute approximate surface area is 78.8 Å². The van der Waals surface area contributed by atoms with Crippen LogP contribution in [0, 0.1) is 12.7 Å². The van der Waals surface area contributed by atoms with Crippen molar-refractivity contribution < 1.29 is 4.39 Å². The van der Waals surface area contributed by atoms with Gasteiger partial charge in [0, 0.05) is 6.04 Å². The molecule has 0 spiro atoms. The van der Waals surface area contributed by atoms with E-state index in [9.17, 15) is 4.39 Å². The molecule has 0 radical (unpaired) electrons. The molecule has 0 heterocycles. The molecule has 0 aliphatic heterocycles. The predicted octanol–water partition coefficient (Wildman–Crippen LogP) is 2.41. The number of hydrogen-bond donors (Lipinski definition) is 1. The van der Waals surface area contributed by atoms with Crippen LogP contribution in [0.1, 0.15) is 24.5 Å². The molecule has 13 heavy (non-hydrogen) atoms. The van der Waals surface area contributed by atoms with E-state index in [1.54, 1.807) is 6.92 Å². The van der Waals surface area contributed by atoms with Crippen LogP contribution in [-0.4, -0.2) is 6.04 Å². The fourth-order valence-electron chi connectivity index (χ4n) is 1.26. The first kappa shape index (κ1) is 10.2. The van der Waals surface area contributed by atoms with E-state index in [1.165, 1.54) is 6.07 Å². The molecule has 0 aliphatic carbocycles. The highest BCUT2D eigenvalue weighted by Crippen LogP contribution is 2.11. The molecular formula is C11H16FN. The number of nitrogens with two attached hydrogens (primary N) is 1. The number of halogens is 1. The fraction of sp³-hybridized carbons (Fsp3) is 0.455. The molecule has 1 nitrogen and oxygen atoms in total. The fourth-order valence-corrected chi connectivity index (χ4v) is 1.26. The van der Waals surface area contributed by atoms with Gasteiger partial charge in [-0.05, 0) is 43.9 Å². The third-order valence-electron chi connectivity index (χ3n) is 2.11. The first-order valence-electron chi connectivity index (χ1n) is 4.60. The second-order valence-electron chi connectivity index (χ2n) is 3.60. The van der Waals surface area contributed by atoms with Crippen LogP contribution in [0.25, 0.3) is 0 Å². The third kappa shape index (κ3) is 3.15. The second-order valence-corrected chi connectivity index (χ2v) is 3.60. The van der Waals surface area contributed by atoms with Crippen molar-refractivity contribution in [3.63, 3.8) is 0 Å². The van der Waals surface area contributed by atoms with Crippen molar-refractivity contribution in [2.75, 3.05) is 0 Å². The average molecular weight is 181 g/mol. The van der Waals surface area contributed by atoms with E-state index in [0.717, 1.165) is 18.4 Å². The quantitative estimate of drug-likeness (QED) is 0.761. The lowest BCUT2D eigenvalue weighted by Crippen LogP contribution is -2.15. The molecule has 1 rings (SSSR count). The lowest BCUT2D eigenvalue weighted by atomic mass is 10.0. The van der Waals surface area contributed by atoms with Gasteiger partial charge in [-0.1, -0.05) is 12.1 Å². The summed E-state index contributed by atoms with van der Waals surface area (Å²) >= 11 is 0. The van der Waals surface area contributed by atoms with Crippen molar-refractivity contribution in [3.05, 3.63) is 35.1 Å². The summed E-state index contributed by atoms with van der Waals surface area (Å²) < 4.78 is 12.9. The molecule has 1 atom stereocenters. The summed E-state index contributed by atoms with van der Waals surface area (Å²) in [4.78, 5) is 0. The van der Waals surface area contributed by atoms with E-state index in [-0.39, 0.29) is 11.9 Å². The Morgan fingerprint density at radius 1 is 1.46 bits per heavy atom. The lowest BCUT2D eigenvalue weighted by Gasteiger charge is -2.05. The third-order valence-corrected chi connectivity index (χ3v) is 2.11. The number of benzene rings is 1. The summed E-state index contributed by atoms with van der Waals surface area (Å²) in [6.45, 7) is 3.76. The Bertz CT molecular complexity index is 281. The van der Waals surface area contributed by atoms with Gasteiger partial charge >= 0.3 is 0 Å². The molecule has 0 fully saturated rings. The molecule has 0 aromatic heterocycles. The van der Waals surface area contributed by atoms with Crippen molar-refractivity contribution in [1.82, 2.24) is 0 Å². The summed E-state index contributed by atoms with van der Waals surface area (Å²) in [5.41, 5.74) is 7.51. The monoisotopic (exact) mass is 181 g/mol. The topological polar surface area (TPSA) is 26.0 Å². The molecule has 0 unspecified atom stereocenters. The first-order chi connectivity index (χ1) is 6.09. The van der Waals surface area contributed by atoms with Crippen LogP contribution in [0.15, 0.2) is 18.2 Å². The Hall–Kier alpha value is -0.890. The summed E-state index contributed by atoms with van der Waals surface area (Å²) in [5, 5.41) is 0. The zero-order valence-electron chi connectivity index (χ0n) is 8.18. The number of aryl methyl sites for hydroxylation is 2. The van der Waals surface area contributed by atoms with Crippen LogP contribution in [0.5, 0.6) is 0 Å². The van der Waals surface area contributed by atoms with Crippen LogP contribution in [0.4, 0.5) is 4.39 Å². The smallest absolute Gasteiger partial charge is 0.126 e. The van der Waals surface area contributed by atoms with Crippen LogP contribution in [0.2, 0.25) is 0 Å². The normalized spacial score (nSPS) is 12.9. The molecule has 0 aliphatic rings. The van der Waals surface area contributed by atoms with Gasteiger partial charge in [0.1, 0.15) is 5.82 Å². The minimum absolute atomic E-state index is 0.135. The van der Waals surface area contributed by atoms with Gasteiger partial charge in [-0.15, -0.1) is 0 Å². The highest BCUT2D eigenvalue weighted by atomic mass is 19.1. The van der Waals surface area contributed by atoms with Crippen LogP contribution < -0.4 is 5.73 Å². The SMILES string of the molecule is Cc1cc(CC[C@H](C)N)ccc1F. The standard InChI is InChI=1S/C11H16FN/c1-8-7-10(4-3-9(2)13)5-6-11(8)12/h5-7,9H,3-4,13H2,1-2H3/t9-/m0/s1. The molecule has 0 saturated heterocycles. The molecular weight excluding hydrogens is 165 g/mol. The number of rotatable bonds is 3. The Kier molecular flexibility index (Phi) is 3.43. The average Bonchev–Trinajstić information content (AvgIpc) is 2.07. The zero-order chi connectivity index (χ0) is 9.84. The lowest BCUT2D eigenvalue weighted by molar-refractivity contribution is 0.615. The van der Waals surface area contributed by atoms with Crippen molar-refractivity contribution in [2.45, 2.75) is 32.7 Å². The number of hydrogen-bond acceptors (Lipinski definition) is 1. The maximum atomic E-state index is 12.9. The predicted molar refractivity (Wildman–Crippen MR) is 53.1 cm³/mol. The van der Waals surface area contributed by atoms with E-state index in [0.29, 0.717) is 5.56 Å². The van der Waals surface area contributed by atoms with E-state index < -0.39 is 0 Å². The maximum absolute atomic E-state index is 12.9. The zero-order valence-corrected chi connectivity index (χ0v) is 8.18. The van der Waals surface area contributed by atoms with E-state index in [2.05, 4.69) is 0 Å². The second kappa shape index (κ2) is 4.38.